The highest BCUT2D eigenvalue weighted by atomic mass is 32.1. The molecule has 0 aromatic carbocycles. The van der Waals surface area contributed by atoms with Crippen molar-refractivity contribution in [3.63, 3.8) is 0 Å². The van der Waals surface area contributed by atoms with Crippen LogP contribution in [0.3, 0.4) is 0 Å². The molecule has 0 radical (unpaired) electrons. The topological polar surface area (TPSA) is 55.0 Å². The van der Waals surface area contributed by atoms with Crippen LogP contribution in [-0.4, -0.2) is 27.5 Å². The molecule has 5 heteroatoms. The fourth-order valence-corrected chi connectivity index (χ4v) is 1.42. The van der Waals surface area contributed by atoms with Crippen LogP contribution in [0.2, 0.25) is 0 Å². The molecule has 16 heavy (non-hydrogen) atoms. The summed E-state index contributed by atoms with van der Waals surface area (Å²) in [5.41, 5.74) is 6.22. The summed E-state index contributed by atoms with van der Waals surface area (Å²) in [6.45, 7) is 6.42. The molecule has 0 amide bonds. The minimum atomic E-state index is -0.00440. The summed E-state index contributed by atoms with van der Waals surface area (Å²) in [6, 6.07) is 0. The quantitative estimate of drug-likeness (QED) is 0.810. The lowest BCUT2D eigenvalue weighted by molar-refractivity contribution is 0.466. The molecule has 0 bridgehead atoms. The molecule has 0 aliphatic rings. The number of aromatic nitrogens is 2. The molecule has 1 aromatic rings. The zero-order valence-electron chi connectivity index (χ0n) is 10.2. The fraction of sp³-hybridized carbons (Fsp3) is 0.545. The van der Waals surface area contributed by atoms with Gasteiger partial charge in [-0.15, -0.1) is 0 Å². The van der Waals surface area contributed by atoms with Crippen LogP contribution in [-0.2, 0) is 0 Å². The molecule has 0 atom stereocenters. The molecule has 88 valence electrons. The Morgan fingerprint density at radius 3 is 2.50 bits per heavy atom. The first-order valence-electron chi connectivity index (χ1n) is 5.24. The van der Waals surface area contributed by atoms with Gasteiger partial charge in [0, 0.05) is 25.0 Å². The average Bonchev–Trinajstić information content (AvgIpc) is 2.28. The maximum absolute atomic E-state index is 5.64. The molecule has 1 rings (SSSR count). The monoisotopic (exact) mass is 238 g/mol. The number of hydrogen-bond acceptors (Lipinski definition) is 4. The van der Waals surface area contributed by atoms with Crippen LogP contribution >= 0.6 is 12.2 Å². The molecule has 0 saturated heterocycles. The van der Waals surface area contributed by atoms with Crippen LogP contribution in [0, 0.1) is 0 Å². The standard InChI is InChI=1S/C11H18N4S/c1-5-11(2,3)15(4)10-8(9(12)16)13-6-7-14-10/h6-7H,5H2,1-4H3,(H2,12,16). The summed E-state index contributed by atoms with van der Waals surface area (Å²) in [7, 11) is 1.98. The fourth-order valence-electron chi connectivity index (χ4n) is 1.27. The van der Waals surface area contributed by atoms with Crippen LogP contribution in [0.1, 0.15) is 32.9 Å². The summed E-state index contributed by atoms with van der Waals surface area (Å²) in [5.74, 6) is 0.738. The Balaban J connectivity index is 3.18. The Morgan fingerprint density at radius 2 is 2.00 bits per heavy atom. The summed E-state index contributed by atoms with van der Waals surface area (Å²) in [5, 5.41) is 0. The van der Waals surface area contributed by atoms with Gasteiger partial charge in [-0.1, -0.05) is 19.1 Å². The molecule has 4 nitrogen and oxygen atoms in total. The minimum Gasteiger partial charge on any atom is -0.388 e. The van der Waals surface area contributed by atoms with Gasteiger partial charge in [0.1, 0.15) is 10.7 Å². The predicted molar refractivity (Wildman–Crippen MR) is 70.7 cm³/mol. The van der Waals surface area contributed by atoms with Crippen molar-refractivity contribution in [2.75, 3.05) is 11.9 Å². The van der Waals surface area contributed by atoms with Crippen molar-refractivity contribution in [3.8, 4) is 0 Å². The van der Waals surface area contributed by atoms with Gasteiger partial charge in [-0.2, -0.15) is 0 Å². The molecule has 1 aromatic heterocycles. The lowest BCUT2D eigenvalue weighted by Gasteiger charge is -2.36. The molecule has 0 saturated carbocycles. The lowest BCUT2D eigenvalue weighted by atomic mass is 10.00. The van der Waals surface area contributed by atoms with E-state index in [2.05, 4.69) is 35.6 Å². The van der Waals surface area contributed by atoms with Crippen molar-refractivity contribution < 1.29 is 0 Å². The van der Waals surface area contributed by atoms with Gasteiger partial charge in [-0.3, -0.25) is 0 Å². The van der Waals surface area contributed by atoms with Crippen molar-refractivity contribution in [3.05, 3.63) is 18.1 Å². The molecule has 0 aliphatic carbocycles. The van der Waals surface area contributed by atoms with Crippen LogP contribution in [0.25, 0.3) is 0 Å². The summed E-state index contributed by atoms with van der Waals surface area (Å²) in [4.78, 5) is 10.8. The summed E-state index contributed by atoms with van der Waals surface area (Å²) >= 11 is 4.98. The van der Waals surface area contributed by atoms with E-state index in [0.717, 1.165) is 12.2 Å². The van der Waals surface area contributed by atoms with Crippen molar-refractivity contribution in [2.24, 2.45) is 5.73 Å². The highest BCUT2D eigenvalue weighted by molar-refractivity contribution is 7.80. The highest BCUT2D eigenvalue weighted by Gasteiger charge is 2.25. The molecule has 0 aliphatic heterocycles. The van der Waals surface area contributed by atoms with E-state index in [-0.39, 0.29) is 10.5 Å². The molecule has 0 unspecified atom stereocenters. The van der Waals surface area contributed by atoms with E-state index in [1.54, 1.807) is 12.4 Å². The lowest BCUT2D eigenvalue weighted by Crippen LogP contribution is -2.42. The smallest absolute Gasteiger partial charge is 0.157 e. The molecule has 0 spiro atoms. The van der Waals surface area contributed by atoms with E-state index in [9.17, 15) is 0 Å². The van der Waals surface area contributed by atoms with Gasteiger partial charge < -0.3 is 10.6 Å². The molecule has 1 heterocycles. The Kier molecular flexibility index (Phi) is 3.80. The molecular formula is C11H18N4S. The zero-order valence-corrected chi connectivity index (χ0v) is 11.0. The van der Waals surface area contributed by atoms with Crippen molar-refractivity contribution >= 4 is 23.0 Å². The SMILES string of the molecule is CCC(C)(C)N(C)c1nccnc1C(N)=S. The van der Waals surface area contributed by atoms with Crippen LogP contribution < -0.4 is 10.6 Å². The highest BCUT2D eigenvalue weighted by Crippen LogP contribution is 2.24. The number of nitrogens with zero attached hydrogens (tertiary/aromatic N) is 3. The van der Waals surface area contributed by atoms with E-state index >= 15 is 0 Å². The van der Waals surface area contributed by atoms with Crippen LogP contribution in [0.15, 0.2) is 12.4 Å². The summed E-state index contributed by atoms with van der Waals surface area (Å²) in [6.07, 6.45) is 4.25. The first-order valence-corrected chi connectivity index (χ1v) is 5.65. The molecule has 0 fully saturated rings. The van der Waals surface area contributed by atoms with Gasteiger partial charge in [0.2, 0.25) is 0 Å². The van der Waals surface area contributed by atoms with Crippen molar-refractivity contribution in [1.82, 2.24) is 9.97 Å². The largest absolute Gasteiger partial charge is 0.388 e. The first-order chi connectivity index (χ1) is 7.40. The third-order valence-corrected chi connectivity index (χ3v) is 3.20. The zero-order chi connectivity index (χ0) is 12.3. The number of thiocarbonyl (C=S) groups is 1. The molecule has 2 N–H and O–H groups in total. The number of anilines is 1. The Morgan fingerprint density at radius 1 is 1.44 bits per heavy atom. The average molecular weight is 238 g/mol. The number of hydrogen-bond donors (Lipinski definition) is 1. The minimum absolute atomic E-state index is 0.00440. The van der Waals surface area contributed by atoms with Crippen LogP contribution in [0.5, 0.6) is 0 Å². The van der Waals surface area contributed by atoms with Gasteiger partial charge in [0.25, 0.3) is 0 Å². The Labute approximate surface area is 102 Å². The second kappa shape index (κ2) is 4.74. The van der Waals surface area contributed by atoms with E-state index in [1.807, 2.05) is 7.05 Å². The van der Waals surface area contributed by atoms with E-state index in [0.29, 0.717) is 5.69 Å². The van der Waals surface area contributed by atoms with Gasteiger partial charge in [-0.25, -0.2) is 9.97 Å². The van der Waals surface area contributed by atoms with Crippen molar-refractivity contribution in [2.45, 2.75) is 32.7 Å². The maximum atomic E-state index is 5.64. The van der Waals surface area contributed by atoms with E-state index < -0.39 is 0 Å². The number of nitrogens with two attached hydrogens (primary N) is 1. The maximum Gasteiger partial charge on any atom is 0.157 e. The Hall–Kier alpha value is -1.23. The number of rotatable bonds is 4. The third-order valence-electron chi connectivity index (χ3n) is 3.00. The van der Waals surface area contributed by atoms with Crippen LogP contribution in [0.4, 0.5) is 5.82 Å². The third kappa shape index (κ3) is 2.47. The van der Waals surface area contributed by atoms with Gasteiger partial charge >= 0.3 is 0 Å². The summed E-state index contributed by atoms with van der Waals surface area (Å²) < 4.78 is 0. The normalized spacial score (nSPS) is 11.2. The predicted octanol–water partition coefficient (Wildman–Crippen LogP) is 1.74. The molecular weight excluding hydrogens is 220 g/mol. The van der Waals surface area contributed by atoms with Crippen molar-refractivity contribution in [1.29, 1.82) is 0 Å². The second-order valence-corrected chi connectivity index (χ2v) is 4.76. The van der Waals surface area contributed by atoms with E-state index in [1.165, 1.54) is 0 Å². The van der Waals surface area contributed by atoms with Gasteiger partial charge in [0.05, 0.1) is 0 Å². The first kappa shape index (κ1) is 12.8. The van der Waals surface area contributed by atoms with Gasteiger partial charge in [-0.05, 0) is 20.3 Å². The Bertz CT molecular complexity index is 389. The van der Waals surface area contributed by atoms with Gasteiger partial charge in [0.15, 0.2) is 5.82 Å². The van der Waals surface area contributed by atoms with E-state index in [4.69, 9.17) is 18.0 Å². The second-order valence-electron chi connectivity index (χ2n) is 4.32.